The van der Waals surface area contributed by atoms with E-state index >= 15 is 0 Å². The van der Waals surface area contributed by atoms with Crippen molar-refractivity contribution in [2.24, 2.45) is 17.8 Å². The Morgan fingerprint density at radius 3 is 2.53 bits per heavy atom. The average molecular weight is 478 g/mol. The molecule has 3 aromatic rings. The molecule has 34 heavy (non-hydrogen) atoms. The first-order valence-corrected chi connectivity index (χ1v) is 12.4. The van der Waals surface area contributed by atoms with Crippen molar-refractivity contribution in [2.75, 3.05) is 0 Å². The lowest BCUT2D eigenvalue weighted by molar-refractivity contribution is -0.136. The molecule has 0 aliphatic heterocycles. The number of hydrogen-bond donors (Lipinski definition) is 3. The molecule has 5 atom stereocenters. The zero-order chi connectivity index (χ0) is 23.4. The zero-order valence-electron chi connectivity index (χ0n) is 18.8. The molecule has 4 aliphatic rings. The standard InChI is InChI=1S/C27H28ClN3O3/c28-20-6-7-22-23(10-20)31(21-4-2-1-3-5-21)15-19(25(22)32)14-29-26(33)30-24-17-8-16-9-18(24)13-27(34,11-16)12-17/h1-7,10,15-18,24,34H,8-9,11-14H2,(H2,29,30,33)/t16?,17-,18+,24?,27?. The molecule has 4 bridgehead atoms. The van der Waals surface area contributed by atoms with Gasteiger partial charge in [-0.25, -0.2) is 4.79 Å². The van der Waals surface area contributed by atoms with E-state index in [0.717, 1.165) is 43.3 Å². The summed E-state index contributed by atoms with van der Waals surface area (Å²) in [6, 6.07) is 14.8. The fourth-order valence-electron chi connectivity index (χ4n) is 6.88. The second-order valence-electron chi connectivity index (χ2n) is 10.4. The summed E-state index contributed by atoms with van der Waals surface area (Å²) in [5.74, 6) is 1.26. The number of benzene rings is 2. The fraction of sp³-hybridized carbons (Fsp3) is 0.407. The molecule has 4 fully saturated rings. The minimum Gasteiger partial charge on any atom is -0.390 e. The van der Waals surface area contributed by atoms with Crippen LogP contribution in [0.4, 0.5) is 4.79 Å². The molecule has 4 saturated carbocycles. The highest BCUT2D eigenvalue weighted by atomic mass is 35.5. The van der Waals surface area contributed by atoms with Crippen LogP contribution in [-0.2, 0) is 6.54 Å². The Bertz CT molecular complexity index is 1310. The van der Waals surface area contributed by atoms with E-state index in [1.54, 1.807) is 24.4 Å². The molecular weight excluding hydrogens is 450 g/mol. The molecule has 3 unspecified atom stereocenters. The van der Waals surface area contributed by atoms with Crippen molar-refractivity contribution in [1.29, 1.82) is 0 Å². The summed E-state index contributed by atoms with van der Waals surface area (Å²) in [5.41, 5.74) is 1.50. The number of rotatable bonds is 4. The van der Waals surface area contributed by atoms with Gasteiger partial charge >= 0.3 is 6.03 Å². The van der Waals surface area contributed by atoms with Crippen molar-refractivity contribution in [3.8, 4) is 5.69 Å². The van der Waals surface area contributed by atoms with Crippen molar-refractivity contribution < 1.29 is 9.90 Å². The van der Waals surface area contributed by atoms with Gasteiger partial charge in [0.15, 0.2) is 5.43 Å². The SMILES string of the molecule is O=C(NCc1cn(-c2ccccc2)c2cc(Cl)ccc2c1=O)NC1[C@@H]2CC3C[C@H]1CC(O)(C3)C2. The van der Waals surface area contributed by atoms with Crippen LogP contribution in [-0.4, -0.2) is 27.3 Å². The smallest absolute Gasteiger partial charge is 0.315 e. The molecule has 1 heterocycles. The Hall–Kier alpha value is -2.83. The third-order valence-electron chi connectivity index (χ3n) is 8.05. The number of para-hydroxylation sites is 1. The number of carbonyl (C=O) groups is 1. The van der Waals surface area contributed by atoms with Gasteiger partial charge in [-0.2, -0.15) is 0 Å². The second-order valence-corrected chi connectivity index (χ2v) is 10.8. The largest absolute Gasteiger partial charge is 0.390 e. The van der Waals surface area contributed by atoms with E-state index in [0.29, 0.717) is 33.7 Å². The zero-order valence-corrected chi connectivity index (χ0v) is 19.6. The molecule has 1 aromatic heterocycles. The summed E-state index contributed by atoms with van der Waals surface area (Å²) in [6.07, 6.45) is 6.42. The number of amides is 2. The number of aliphatic hydroxyl groups is 1. The molecule has 0 spiro atoms. The van der Waals surface area contributed by atoms with Crippen LogP contribution in [0.5, 0.6) is 0 Å². The molecule has 2 amide bonds. The lowest BCUT2D eigenvalue weighted by Gasteiger charge is -2.58. The lowest BCUT2D eigenvalue weighted by atomic mass is 9.52. The number of halogens is 1. The minimum atomic E-state index is -0.526. The van der Waals surface area contributed by atoms with Gasteiger partial charge in [0.1, 0.15) is 0 Å². The van der Waals surface area contributed by atoms with Crippen LogP contribution in [0.15, 0.2) is 59.5 Å². The number of nitrogens with zero attached hydrogens (tertiary/aromatic N) is 1. The summed E-state index contributed by atoms with van der Waals surface area (Å²) < 4.78 is 1.94. The summed E-state index contributed by atoms with van der Waals surface area (Å²) in [4.78, 5) is 26.1. The van der Waals surface area contributed by atoms with Crippen molar-refractivity contribution >= 4 is 28.5 Å². The predicted molar refractivity (Wildman–Crippen MR) is 132 cm³/mol. The first-order valence-electron chi connectivity index (χ1n) is 12.0. The molecule has 176 valence electrons. The molecular formula is C27H28ClN3O3. The number of pyridine rings is 1. The topological polar surface area (TPSA) is 83.4 Å². The highest BCUT2D eigenvalue weighted by molar-refractivity contribution is 6.31. The second kappa shape index (κ2) is 8.14. The Morgan fingerprint density at radius 2 is 1.82 bits per heavy atom. The van der Waals surface area contributed by atoms with Gasteiger partial charge in [0.05, 0.1) is 11.1 Å². The summed E-state index contributed by atoms with van der Waals surface area (Å²) >= 11 is 6.23. The Balaban J connectivity index is 1.23. The predicted octanol–water partition coefficient (Wildman–Crippen LogP) is 4.38. The van der Waals surface area contributed by atoms with Crippen LogP contribution in [0.25, 0.3) is 16.6 Å². The van der Waals surface area contributed by atoms with Crippen molar-refractivity contribution in [1.82, 2.24) is 15.2 Å². The number of nitrogens with one attached hydrogen (secondary N) is 2. The van der Waals surface area contributed by atoms with Gasteiger partial charge < -0.3 is 20.3 Å². The van der Waals surface area contributed by atoms with E-state index in [-0.39, 0.29) is 24.0 Å². The molecule has 0 saturated heterocycles. The molecule has 7 heteroatoms. The highest BCUT2D eigenvalue weighted by Crippen LogP contribution is 2.55. The number of aromatic nitrogens is 1. The van der Waals surface area contributed by atoms with Crippen LogP contribution < -0.4 is 16.1 Å². The molecule has 6 nitrogen and oxygen atoms in total. The maximum absolute atomic E-state index is 13.2. The van der Waals surface area contributed by atoms with E-state index in [9.17, 15) is 14.7 Å². The van der Waals surface area contributed by atoms with E-state index in [2.05, 4.69) is 10.6 Å². The van der Waals surface area contributed by atoms with Crippen LogP contribution in [0.3, 0.4) is 0 Å². The number of fused-ring (bicyclic) bond motifs is 1. The third-order valence-corrected chi connectivity index (χ3v) is 8.29. The fourth-order valence-corrected chi connectivity index (χ4v) is 7.04. The number of hydrogen-bond acceptors (Lipinski definition) is 3. The van der Waals surface area contributed by atoms with Crippen molar-refractivity contribution in [2.45, 2.75) is 50.3 Å². The van der Waals surface area contributed by atoms with E-state index in [1.807, 2.05) is 34.9 Å². The quantitative estimate of drug-likeness (QED) is 0.521. The van der Waals surface area contributed by atoms with Gasteiger partial charge in [-0.05, 0) is 80.2 Å². The molecule has 4 aliphatic carbocycles. The third kappa shape index (κ3) is 3.79. The molecule has 7 rings (SSSR count). The normalized spacial score (nSPS) is 29.4. The highest BCUT2D eigenvalue weighted by Gasteiger charge is 2.55. The maximum Gasteiger partial charge on any atom is 0.315 e. The lowest BCUT2D eigenvalue weighted by Crippen LogP contribution is -2.62. The van der Waals surface area contributed by atoms with Gasteiger partial charge in [0, 0.05) is 40.4 Å². The van der Waals surface area contributed by atoms with Gasteiger partial charge in [-0.15, -0.1) is 0 Å². The number of carbonyl (C=O) groups excluding carboxylic acids is 1. The minimum absolute atomic E-state index is 0.0940. The van der Waals surface area contributed by atoms with Gasteiger partial charge in [0.25, 0.3) is 0 Å². The summed E-state index contributed by atoms with van der Waals surface area (Å²) in [6.45, 7) is 0.130. The molecule has 3 N–H and O–H groups in total. The van der Waals surface area contributed by atoms with Gasteiger partial charge in [-0.3, -0.25) is 4.79 Å². The Labute approximate surface area is 202 Å². The summed E-state index contributed by atoms with van der Waals surface area (Å²) in [5, 5.41) is 18.0. The van der Waals surface area contributed by atoms with Crippen molar-refractivity contribution in [3.63, 3.8) is 0 Å². The van der Waals surface area contributed by atoms with Crippen LogP contribution in [0, 0.1) is 17.8 Å². The van der Waals surface area contributed by atoms with Crippen molar-refractivity contribution in [3.05, 3.63) is 75.5 Å². The first-order chi connectivity index (χ1) is 16.4. The Kier molecular flexibility index (Phi) is 5.19. The first kappa shape index (κ1) is 21.7. The van der Waals surface area contributed by atoms with Crippen LogP contribution >= 0.6 is 11.6 Å². The monoisotopic (exact) mass is 477 g/mol. The van der Waals surface area contributed by atoms with E-state index in [4.69, 9.17) is 11.6 Å². The van der Waals surface area contributed by atoms with Gasteiger partial charge in [0.2, 0.25) is 0 Å². The maximum atomic E-state index is 13.2. The number of urea groups is 1. The van der Waals surface area contributed by atoms with E-state index < -0.39 is 5.60 Å². The van der Waals surface area contributed by atoms with E-state index in [1.165, 1.54) is 0 Å². The average Bonchev–Trinajstić information content (AvgIpc) is 2.80. The van der Waals surface area contributed by atoms with Crippen LogP contribution in [0.2, 0.25) is 5.02 Å². The summed E-state index contributed by atoms with van der Waals surface area (Å²) in [7, 11) is 0. The molecule has 2 aromatic carbocycles. The Morgan fingerprint density at radius 1 is 1.09 bits per heavy atom. The van der Waals surface area contributed by atoms with Gasteiger partial charge in [-0.1, -0.05) is 29.8 Å². The molecule has 0 radical (unpaired) electrons. The van der Waals surface area contributed by atoms with Crippen LogP contribution in [0.1, 0.15) is 37.7 Å².